The number of para-hydroxylation sites is 1. The zero-order chi connectivity index (χ0) is 13.7. The number of halogens is 1. The number of phenols is 1. The van der Waals surface area contributed by atoms with Crippen molar-refractivity contribution >= 4 is 0 Å². The van der Waals surface area contributed by atoms with Gasteiger partial charge in [0.15, 0.2) is 0 Å². The van der Waals surface area contributed by atoms with Crippen LogP contribution in [0.1, 0.15) is 24.1 Å². The molecule has 0 radical (unpaired) electrons. The summed E-state index contributed by atoms with van der Waals surface area (Å²) in [4.78, 5) is 0. The fourth-order valence-corrected chi connectivity index (χ4v) is 2.09. The van der Waals surface area contributed by atoms with Gasteiger partial charge in [-0.2, -0.15) is 0 Å². The summed E-state index contributed by atoms with van der Waals surface area (Å²) in [6, 6.07) is 14.1. The normalized spacial score (nSPS) is 12.3. The molecule has 3 heteroatoms. The minimum atomic E-state index is -0.167. The largest absolute Gasteiger partial charge is 0.508 e. The first kappa shape index (κ1) is 13.6. The Bertz CT molecular complexity index is 542. The lowest BCUT2D eigenvalue weighted by molar-refractivity contribution is 0.452. The van der Waals surface area contributed by atoms with Gasteiger partial charge in [0.1, 0.15) is 11.6 Å². The van der Waals surface area contributed by atoms with Crippen LogP contribution in [0.15, 0.2) is 48.5 Å². The number of aromatic hydroxyl groups is 1. The summed E-state index contributed by atoms with van der Waals surface area (Å²) in [6.07, 6.45) is 0.630. The molecule has 0 fully saturated rings. The fraction of sp³-hybridized carbons (Fsp3) is 0.250. The molecule has 1 atom stereocenters. The second kappa shape index (κ2) is 6.34. The molecule has 2 N–H and O–H groups in total. The van der Waals surface area contributed by atoms with Crippen LogP contribution in [-0.4, -0.2) is 11.7 Å². The van der Waals surface area contributed by atoms with Crippen molar-refractivity contribution in [3.8, 4) is 5.75 Å². The smallest absolute Gasteiger partial charge is 0.126 e. The van der Waals surface area contributed by atoms with E-state index in [-0.39, 0.29) is 17.6 Å². The average molecular weight is 259 g/mol. The lowest BCUT2D eigenvalue weighted by Crippen LogP contribution is -2.21. The molecule has 0 bridgehead atoms. The Morgan fingerprint density at radius 3 is 2.53 bits per heavy atom. The number of hydrogen-bond donors (Lipinski definition) is 2. The molecule has 0 aromatic heterocycles. The minimum absolute atomic E-state index is 0.0352. The summed E-state index contributed by atoms with van der Waals surface area (Å²) in [7, 11) is 0. The van der Waals surface area contributed by atoms with Crippen molar-refractivity contribution in [1.29, 1.82) is 0 Å². The van der Waals surface area contributed by atoms with Gasteiger partial charge in [-0.15, -0.1) is 0 Å². The van der Waals surface area contributed by atoms with Gasteiger partial charge in [0.2, 0.25) is 0 Å². The summed E-state index contributed by atoms with van der Waals surface area (Å²) >= 11 is 0. The maximum atomic E-state index is 13.4. The van der Waals surface area contributed by atoms with E-state index < -0.39 is 0 Å². The maximum Gasteiger partial charge on any atom is 0.126 e. The molecule has 0 heterocycles. The van der Waals surface area contributed by atoms with Gasteiger partial charge in [-0.3, -0.25) is 0 Å². The van der Waals surface area contributed by atoms with Crippen molar-refractivity contribution in [3.05, 3.63) is 65.5 Å². The molecule has 100 valence electrons. The van der Waals surface area contributed by atoms with Crippen molar-refractivity contribution in [2.75, 3.05) is 6.54 Å². The Hall–Kier alpha value is -1.87. The van der Waals surface area contributed by atoms with Gasteiger partial charge in [-0.05, 0) is 37.6 Å². The highest BCUT2D eigenvalue weighted by Crippen LogP contribution is 2.22. The summed E-state index contributed by atoms with van der Waals surface area (Å²) in [5.74, 6) is 0.118. The van der Waals surface area contributed by atoms with Crippen LogP contribution in [0.3, 0.4) is 0 Å². The highest BCUT2D eigenvalue weighted by Gasteiger charge is 2.09. The number of hydrogen-bond acceptors (Lipinski definition) is 2. The predicted molar refractivity (Wildman–Crippen MR) is 74.6 cm³/mol. The van der Waals surface area contributed by atoms with E-state index in [0.29, 0.717) is 18.5 Å². The van der Waals surface area contributed by atoms with E-state index >= 15 is 0 Å². The molecule has 2 aromatic carbocycles. The van der Waals surface area contributed by atoms with E-state index in [2.05, 4.69) is 5.32 Å². The third-order valence-electron chi connectivity index (χ3n) is 3.21. The third-order valence-corrected chi connectivity index (χ3v) is 3.21. The van der Waals surface area contributed by atoms with Gasteiger partial charge in [0, 0.05) is 11.6 Å². The number of benzene rings is 2. The lowest BCUT2D eigenvalue weighted by atomic mass is 10.1. The number of phenolic OH excluding ortho intramolecular Hbond substituents is 1. The van der Waals surface area contributed by atoms with Gasteiger partial charge in [-0.25, -0.2) is 4.39 Å². The molecule has 2 nitrogen and oxygen atoms in total. The summed E-state index contributed by atoms with van der Waals surface area (Å²) in [5.41, 5.74) is 1.57. The average Bonchev–Trinajstić information content (AvgIpc) is 2.41. The van der Waals surface area contributed by atoms with Crippen LogP contribution in [0.25, 0.3) is 0 Å². The summed E-state index contributed by atoms with van der Waals surface area (Å²) < 4.78 is 13.4. The quantitative estimate of drug-likeness (QED) is 0.862. The SMILES string of the molecule is CC(NCCc1ccccc1F)c1ccccc1O. The van der Waals surface area contributed by atoms with Crippen LogP contribution in [0.4, 0.5) is 4.39 Å². The van der Waals surface area contributed by atoms with E-state index in [1.807, 2.05) is 25.1 Å². The second-order valence-corrected chi connectivity index (χ2v) is 4.58. The van der Waals surface area contributed by atoms with Gasteiger partial charge in [0.05, 0.1) is 0 Å². The number of nitrogens with one attached hydrogen (secondary N) is 1. The molecule has 0 amide bonds. The van der Waals surface area contributed by atoms with E-state index in [1.54, 1.807) is 24.3 Å². The first-order valence-electron chi connectivity index (χ1n) is 6.43. The Balaban J connectivity index is 1.90. The monoisotopic (exact) mass is 259 g/mol. The van der Waals surface area contributed by atoms with Crippen molar-refractivity contribution in [1.82, 2.24) is 5.32 Å². The molecule has 0 aliphatic rings. The minimum Gasteiger partial charge on any atom is -0.508 e. The second-order valence-electron chi connectivity index (χ2n) is 4.58. The lowest BCUT2D eigenvalue weighted by Gasteiger charge is -2.15. The van der Waals surface area contributed by atoms with Crippen LogP contribution >= 0.6 is 0 Å². The van der Waals surface area contributed by atoms with Crippen LogP contribution in [0.2, 0.25) is 0 Å². The topological polar surface area (TPSA) is 32.3 Å². The molecule has 19 heavy (non-hydrogen) atoms. The highest BCUT2D eigenvalue weighted by atomic mass is 19.1. The standard InChI is InChI=1S/C16H18FNO/c1-12(14-7-3-5-9-16(14)19)18-11-10-13-6-2-4-8-15(13)17/h2-9,12,18-19H,10-11H2,1H3. The molecule has 2 aromatic rings. The van der Waals surface area contributed by atoms with Crippen LogP contribution < -0.4 is 5.32 Å². The third kappa shape index (κ3) is 3.55. The molecule has 2 rings (SSSR count). The Kier molecular flexibility index (Phi) is 4.53. The van der Waals surface area contributed by atoms with Gasteiger partial charge in [0.25, 0.3) is 0 Å². The zero-order valence-corrected chi connectivity index (χ0v) is 10.9. The molecule has 0 saturated carbocycles. The molecule has 0 saturated heterocycles. The van der Waals surface area contributed by atoms with Gasteiger partial charge in [-0.1, -0.05) is 36.4 Å². The molecule has 0 aliphatic heterocycles. The maximum absolute atomic E-state index is 13.4. The van der Waals surface area contributed by atoms with E-state index in [9.17, 15) is 9.50 Å². The molecule has 0 spiro atoms. The Morgan fingerprint density at radius 1 is 1.11 bits per heavy atom. The van der Waals surface area contributed by atoms with Gasteiger partial charge >= 0.3 is 0 Å². The van der Waals surface area contributed by atoms with E-state index in [4.69, 9.17) is 0 Å². The fourth-order valence-electron chi connectivity index (χ4n) is 2.09. The van der Waals surface area contributed by atoms with Crippen LogP contribution in [0.5, 0.6) is 5.75 Å². The predicted octanol–water partition coefficient (Wildman–Crippen LogP) is 3.42. The van der Waals surface area contributed by atoms with E-state index in [1.165, 1.54) is 6.07 Å². The first-order chi connectivity index (χ1) is 9.18. The zero-order valence-electron chi connectivity index (χ0n) is 10.9. The van der Waals surface area contributed by atoms with Crippen molar-refractivity contribution in [2.45, 2.75) is 19.4 Å². The summed E-state index contributed by atoms with van der Waals surface area (Å²) in [5, 5.41) is 13.0. The van der Waals surface area contributed by atoms with E-state index in [0.717, 1.165) is 5.56 Å². The molecular weight excluding hydrogens is 241 g/mol. The Morgan fingerprint density at radius 2 is 1.79 bits per heavy atom. The Labute approximate surface area is 112 Å². The van der Waals surface area contributed by atoms with Crippen LogP contribution in [0, 0.1) is 5.82 Å². The van der Waals surface area contributed by atoms with Crippen LogP contribution in [-0.2, 0) is 6.42 Å². The molecule has 0 aliphatic carbocycles. The highest BCUT2D eigenvalue weighted by molar-refractivity contribution is 5.34. The van der Waals surface area contributed by atoms with Crippen molar-refractivity contribution in [2.24, 2.45) is 0 Å². The van der Waals surface area contributed by atoms with Crippen molar-refractivity contribution in [3.63, 3.8) is 0 Å². The molecular formula is C16H18FNO. The van der Waals surface area contributed by atoms with Crippen molar-refractivity contribution < 1.29 is 9.50 Å². The molecule has 1 unspecified atom stereocenters. The first-order valence-corrected chi connectivity index (χ1v) is 6.43. The summed E-state index contributed by atoms with van der Waals surface area (Å²) in [6.45, 7) is 2.65. The van der Waals surface area contributed by atoms with Gasteiger partial charge < -0.3 is 10.4 Å². The number of rotatable bonds is 5.